The average molecular weight is 543 g/mol. The van der Waals surface area contributed by atoms with Crippen LogP contribution < -0.4 is 0 Å². The smallest absolute Gasteiger partial charge is 0.227 e. The van der Waals surface area contributed by atoms with E-state index in [1.54, 1.807) is 24.9 Å². The fourth-order valence-corrected chi connectivity index (χ4v) is 5.61. The maximum atomic E-state index is 5.50. The molecule has 0 atom stereocenters. The predicted molar refractivity (Wildman–Crippen MR) is 164 cm³/mol. The second-order valence-corrected chi connectivity index (χ2v) is 9.96. The quantitative estimate of drug-likeness (QED) is 0.202. The number of hydrogen-bond donors (Lipinski definition) is 0. The second-order valence-electron chi connectivity index (χ2n) is 9.96. The lowest BCUT2D eigenvalue weighted by Crippen LogP contribution is -1.94. The Labute approximate surface area is 241 Å². The highest BCUT2D eigenvalue weighted by Crippen LogP contribution is 2.44. The molecule has 0 aliphatic heterocycles. The Hall–Kier alpha value is -5.88. The summed E-state index contributed by atoms with van der Waals surface area (Å²) in [6.07, 6.45) is 10.0. The van der Waals surface area contributed by atoms with Crippen molar-refractivity contribution >= 4 is 21.5 Å². The Balaban J connectivity index is 1.40. The molecule has 6 nitrogen and oxygen atoms in total. The first-order valence-electron chi connectivity index (χ1n) is 13.6. The summed E-state index contributed by atoms with van der Waals surface area (Å²) in [6.45, 7) is 0. The van der Waals surface area contributed by atoms with Crippen molar-refractivity contribution in [3.05, 3.63) is 134 Å². The fraction of sp³-hybridized carbons (Fsp3) is 0. The van der Waals surface area contributed by atoms with Gasteiger partial charge in [0.15, 0.2) is 0 Å². The van der Waals surface area contributed by atoms with Crippen LogP contribution in [-0.2, 0) is 0 Å². The van der Waals surface area contributed by atoms with E-state index in [9.17, 15) is 0 Å². The van der Waals surface area contributed by atoms with E-state index in [2.05, 4.69) is 76.7 Å². The van der Waals surface area contributed by atoms with E-state index in [0.717, 1.165) is 66.3 Å². The fourth-order valence-electron chi connectivity index (χ4n) is 5.61. The summed E-state index contributed by atoms with van der Waals surface area (Å²) >= 11 is 0. The van der Waals surface area contributed by atoms with E-state index in [1.165, 1.54) is 0 Å². The second kappa shape index (κ2) is 9.94. The highest BCUT2D eigenvalue weighted by atomic mass is 16.3. The molecule has 4 aromatic carbocycles. The molecule has 0 bridgehead atoms. The number of aromatic nitrogens is 4. The first-order chi connectivity index (χ1) is 20.8. The van der Waals surface area contributed by atoms with Crippen LogP contribution in [-0.4, -0.2) is 19.9 Å². The summed E-state index contributed by atoms with van der Waals surface area (Å²) in [4.78, 5) is 18.4. The highest BCUT2D eigenvalue weighted by molar-refractivity contribution is 6.21. The van der Waals surface area contributed by atoms with Gasteiger partial charge >= 0.3 is 0 Å². The minimum Gasteiger partial charge on any atom is -0.444 e. The van der Waals surface area contributed by atoms with Crippen LogP contribution in [0.5, 0.6) is 0 Å². The van der Waals surface area contributed by atoms with Gasteiger partial charge in [-0.15, -0.1) is 0 Å². The molecule has 8 aromatic rings. The van der Waals surface area contributed by atoms with E-state index < -0.39 is 0 Å². The molecular formula is C36H22N4O2. The Bertz CT molecular complexity index is 2150. The molecule has 6 heteroatoms. The minimum absolute atomic E-state index is 0.546. The maximum absolute atomic E-state index is 5.50. The van der Waals surface area contributed by atoms with E-state index in [0.29, 0.717) is 11.8 Å². The summed E-state index contributed by atoms with van der Waals surface area (Å²) in [5, 5.41) is 4.39. The maximum Gasteiger partial charge on any atom is 0.227 e. The van der Waals surface area contributed by atoms with Crippen molar-refractivity contribution in [3.63, 3.8) is 0 Å². The van der Waals surface area contributed by atoms with E-state index in [4.69, 9.17) is 18.8 Å². The van der Waals surface area contributed by atoms with E-state index in [1.807, 2.05) is 42.7 Å². The molecule has 0 aliphatic rings. The molecule has 0 aliphatic carbocycles. The third-order valence-electron chi connectivity index (χ3n) is 7.53. The number of oxazole rings is 2. The molecule has 0 fully saturated rings. The summed E-state index contributed by atoms with van der Waals surface area (Å²) < 4.78 is 11.0. The van der Waals surface area contributed by atoms with E-state index >= 15 is 0 Å². The highest BCUT2D eigenvalue weighted by Gasteiger charge is 2.19. The molecule has 0 unspecified atom stereocenters. The molecule has 4 heterocycles. The van der Waals surface area contributed by atoms with Crippen molar-refractivity contribution in [2.45, 2.75) is 0 Å². The topological polar surface area (TPSA) is 77.8 Å². The van der Waals surface area contributed by atoms with Crippen molar-refractivity contribution in [2.75, 3.05) is 0 Å². The third-order valence-corrected chi connectivity index (χ3v) is 7.53. The number of nitrogens with zero attached hydrogens (tertiary/aromatic N) is 4. The molecule has 0 saturated carbocycles. The zero-order valence-corrected chi connectivity index (χ0v) is 22.3. The molecule has 8 rings (SSSR count). The summed E-state index contributed by atoms with van der Waals surface area (Å²) in [5.41, 5.74) is 7.82. The van der Waals surface area contributed by atoms with Gasteiger partial charge in [-0.05, 0) is 63.0 Å². The van der Waals surface area contributed by atoms with Crippen LogP contribution in [0.1, 0.15) is 0 Å². The van der Waals surface area contributed by atoms with Crippen LogP contribution in [0.3, 0.4) is 0 Å². The molecule has 0 spiro atoms. The minimum atomic E-state index is 0.546. The molecule has 0 amide bonds. The van der Waals surface area contributed by atoms with Crippen molar-refractivity contribution in [1.82, 2.24) is 19.9 Å². The molecule has 198 valence electrons. The van der Waals surface area contributed by atoms with Gasteiger partial charge in [-0.1, -0.05) is 66.7 Å². The van der Waals surface area contributed by atoms with Gasteiger partial charge in [0.05, 0.1) is 34.9 Å². The third kappa shape index (κ3) is 4.05. The Kier molecular flexibility index (Phi) is 5.67. The molecule has 42 heavy (non-hydrogen) atoms. The first-order valence-corrected chi connectivity index (χ1v) is 13.6. The average Bonchev–Trinajstić information content (AvgIpc) is 3.80. The lowest BCUT2D eigenvalue weighted by Gasteiger charge is -2.18. The van der Waals surface area contributed by atoms with Crippen molar-refractivity contribution < 1.29 is 8.83 Å². The zero-order chi connectivity index (χ0) is 27.9. The van der Waals surface area contributed by atoms with Gasteiger partial charge in [-0.2, -0.15) is 0 Å². The molecule has 0 saturated heterocycles. The number of rotatable bonds is 5. The number of pyridine rings is 2. The zero-order valence-electron chi connectivity index (χ0n) is 22.3. The van der Waals surface area contributed by atoms with Gasteiger partial charge in [0.1, 0.15) is 12.5 Å². The number of fused-ring (bicyclic) bond motifs is 2. The summed E-state index contributed by atoms with van der Waals surface area (Å²) in [7, 11) is 0. The molecule has 0 radical (unpaired) electrons. The summed E-state index contributed by atoms with van der Waals surface area (Å²) in [5.74, 6) is 1.09. The van der Waals surface area contributed by atoms with Crippen molar-refractivity contribution in [2.24, 2.45) is 0 Å². The lowest BCUT2D eigenvalue weighted by molar-refractivity contribution is 0.574. The van der Waals surface area contributed by atoms with Gasteiger partial charge in [0.25, 0.3) is 0 Å². The predicted octanol–water partition coefficient (Wildman–Crippen LogP) is 9.09. The normalized spacial score (nSPS) is 11.3. The van der Waals surface area contributed by atoms with Crippen LogP contribution in [0, 0.1) is 0 Å². The van der Waals surface area contributed by atoms with Crippen LogP contribution in [0.4, 0.5) is 0 Å². The van der Waals surface area contributed by atoms with Gasteiger partial charge in [-0.25, -0.2) is 9.97 Å². The van der Waals surface area contributed by atoms with Crippen molar-refractivity contribution in [1.29, 1.82) is 0 Å². The SMILES string of the molecule is c1ccc(-c2ccc3c(-c4ccc(-c5ncco5)cn4)c4ccccc4c(-c4ccc(-c5ncco5)cn4)c3c2)cc1. The van der Waals surface area contributed by atoms with Gasteiger partial charge in [0, 0.05) is 23.5 Å². The van der Waals surface area contributed by atoms with Gasteiger partial charge in [0.2, 0.25) is 11.8 Å². The van der Waals surface area contributed by atoms with Gasteiger partial charge in [-0.3, -0.25) is 9.97 Å². The van der Waals surface area contributed by atoms with Crippen LogP contribution in [0.2, 0.25) is 0 Å². The summed E-state index contributed by atoms with van der Waals surface area (Å²) in [6, 6.07) is 33.6. The monoisotopic (exact) mass is 542 g/mol. The first kappa shape index (κ1) is 24.0. The largest absolute Gasteiger partial charge is 0.444 e. The Morgan fingerprint density at radius 2 is 0.929 bits per heavy atom. The van der Waals surface area contributed by atoms with Crippen LogP contribution in [0.15, 0.2) is 143 Å². The molecule has 4 aromatic heterocycles. The Morgan fingerprint density at radius 1 is 0.405 bits per heavy atom. The van der Waals surface area contributed by atoms with Crippen LogP contribution in [0.25, 0.3) is 78.1 Å². The number of hydrogen-bond acceptors (Lipinski definition) is 6. The number of benzene rings is 4. The molecular weight excluding hydrogens is 520 g/mol. The van der Waals surface area contributed by atoms with Crippen molar-refractivity contribution in [3.8, 4) is 56.6 Å². The van der Waals surface area contributed by atoms with E-state index in [-0.39, 0.29) is 0 Å². The Morgan fingerprint density at radius 3 is 1.45 bits per heavy atom. The standard InChI is InChI=1S/C36H22N4O2/c1-2-6-23(7-3-1)24-10-13-29-30(20-24)34(32-15-12-26(22-40-32)36-38-17-19-42-36)28-9-5-4-8-27(28)33(29)31-14-11-25(21-39-31)35-37-16-18-41-35/h1-22H. The molecule has 0 N–H and O–H groups in total. The van der Waals surface area contributed by atoms with Crippen LogP contribution >= 0.6 is 0 Å². The van der Waals surface area contributed by atoms with Gasteiger partial charge < -0.3 is 8.83 Å². The lowest BCUT2D eigenvalue weighted by atomic mass is 9.87.